The lowest BCUT2D eigenvalue weighted by atomic mass is 10.2. The maximum absolute atomic E-state index is 12.9. The van der Waals surface area contributed by atoms with Gasteiger partial charge in [0, 0.05) is 36.8 Å². The van der Waals surface area contributed by atoms with Crippen LogP contribution in [0.25, 0.3) is 0 Å². The maximum atomic E-state index is 12.9. The molecule has 1 heterocycles. The second-order valence-corrected chi connectivity index (χ2v) is 7.00. The van der Waals surface area contributed by atoms with E-state index in [-0.39, 0.29) is 11.7 Å². The fourth-order valence-electron chi connectivity index (χ4n) is 2.81. The molecule has 0 bridgehead atoms. The Morgan fingerprint density at radius 1 is 1.08 bits per heavy atom. The summed E-state index contributed by atoms with van der Waals surface area (Å²) < 4.78 is 12.9. The van der Waals surface area contributed by atoms with E-state index in [9.17, 15) is 9.18 Å². The molecular formula is C19H21FN2OS. The smallest absolute Gasteiger partial charge is 0.233 e. The molecule has 0 radical (unpaired) electrons. The zero-order chi connectivity index (χ0) is 16.9. The van der Waals surface area contributed by atoms with Crippen LogP contribution in [-0.4, -0.2) is 42.7 Å². The first-order valence-electron chi connectivity index (χ1n) is 8.09. The summed E-state index contributed by atoms with van der Waals surface area (Å²) in [7, 11) is 0. The van der Waals surface area contributed by atoms with Gasteiger partial charge in [0.2, 0.25) is 5.91 Å². The molecule has 0 N–H and O–H groups in total. The third-order valence-corrected chi connectivity index (χ3v) is 5.17. The van der Waals surface area contributed by atoms with Gasteiger partial charge >= 0.3 is 0 Å². The second kappa shape index (κ2) is 7.71. The average Bonchev–Trinajstić information content (AvgIpc) is 2.61. The van der Waals surface area contributed by atoms with Crippen LogP contribution in [0.3, 0.4) is 0 Å². The molecule has 0 unspecified atom stereocenters. The number of aryl methyl sites for hydroxylation is 1. The van der Waals surface area contributed by atoms with Crippen molar-refractivity contribution in [2.24, 2.45) is 0 Å². The molecule has 2 aromatic carbocycles. The number of hydrogen-bond acceptors (Lipinski definition) is 3. The summed E-state index contributed by atoms with van der Waals surface area (Å²) in [6.07, 6.45) is 0. The zero-order valence-electron chi connectivity index (χ0n) is 13.7. The van der Waals surface area contributed by atoms with E-state index >= 15 is 0 Å². The minimum absolute atomic E-state index is 0.146. The summed E-state index contributed by atoms with van der Waals surface area (Å²) in [6, 6.07) is 14.7. The normalized spacial score (nSPS) is 14.8. The fourth-order valence-corrected chi connectivity index (χ4v) is 3.61. The molecule has 1 aliphatic rings. The summed E-state index contributed by atoms with van der Waals surface area (Å²) in [5.74, 6) is 0.293. The van der Waals surface area contributed by atoms with Gasteiger partial charge in [-0.05, 0) is 48.9 Å². The van der Waals surface area contributed by atoms with Gasteiger partial charge in [-0.25, -0.2) is 4.39 Å². The summed E-state index contributed by atoms with van der Waals surface area (Å²) in [6.45, 7) is 5.30. The van der Waals surface area contributed by atoms with E-state index in [0.29, 0.717) is 5.75 Å². The Labute approximate surface area is 146 Å². The van der Waals surface area contributed by atoms with E-state index in [2.05, 4.69) is 36.1 Å². The highest BCUT2D eigenvalue weighted by atomic mass is 32.2. The monoisotopic (exact) mass is 344 g/mol. The predicted octanol–water partition coefficient (Wildman–Crippen LogP) is 3.58. The van der Waals surface area contributed by atoms with Gasteiger partial charge in [0.15, 0.2) is 0 Å². The molecule has 5 heteroatoms. The van der Waals surface area contributed by atoms with E-state index in [1.165, 1.54) is 35.1 Å². The van der Waals surface area contributed by atoms with Crippen molar-refractivity contribution in [3.63, 3.8) is 0 Å². The number of amides is 1. The van der Waals surface area contributed by atoms with Gasteiger partial charge in [-0.1, -0.05) is 12.1 Å². The van der Waals surface area contributed by atoms with Crippen LogP contribution >= 0.6 is 11.8 Å². The highest BCUT2D eigenvalue weighted by molar-refractivity contribution is 8.00. The molecule has 0 spiro atoms. The number of halogens is 1. The summed E-state index contributed by atoms with van der Waals surface area (Å²) in [4.78, 5) is 17.5. The number of piperazine rings is 1. The van der Waals surface area contributed by atoms with Gasteiger partial charge in [0.05, 0.1) is 5.75 Å². The van der Waals surface area contributed by atoms with Crippen LogP contribution in [0.15, 0.2) is 53.4 Å². The van der Waals surface area contributed by atoms with Crippen LogP contribution in [0.5, 0.6) is 0 Å². The van der Waals surface area contributed by atoms with Crippen LogP contribution in [0.1, 0.15) is 5.56 Å². The summed E-state index contributed by atoms with van der Waals surface area (Å²) in [5, 5.41) is 0. The quantitative estimate of drug-likeness (QED) is 0.792. The van der Waals surface area contributed by atoms with E-state index in [1.807, 2.05) is 4.90 Å². The van der Waals surface area contributed by atoms with Crippen molar-refractivity contribution in [1.29, 1.82) is 0 Å². The number of anilines is 1. The number of rotatable bonds is 4. The molecule has 0 aromatic heterocycles. The number of thioether (sulfide) groups is 1. The topological polar surface area (TPSA) is 23.6 Å². The van der Waals surface area contributed by atoms with E-state index < -0.39 is 0 Å². The van der Waals surface area contributed by atoms with Crippen LogP contribution in [0.2, 0.25) is 0 Å². The molecule has 2 aromatic rings. The molecule has 3 rings (SSSR count). The number of carbonyl (C=O) groups excluding carboxylic acids is 1. The molecule has 24 heavy (non-hydrogen) atoms. The molecule has 1 fully saturated rings. The van der Waals surface area contributed by atoms with Gasteiger partial charge in [-0.3, -0.25) is 4.79 Å². The van der Waals surface area contributed by atoms with E-state index in [0.717, 1.165) is 31.1 Å². The van der Waals surface area contributed by atoms with Crippen molar-refractivity contribution in [2.75, 3.05) is 36.8 Å². The first-order chi connectivity index (χ1) is 11.6. The molecule has 3 nitrogen and oxygen atoms in total. The SMILES string of the molecule is Cc1cccc(N2CCN(C(=O)CSc3ccc(F)cc3)CC2)c1. The highest BCUT2D eigenvalue weighted by Crippen LogP contribution is 2.20. The van der Waals surface area contributed by atoms with Crippen molar-refractivity contribution in [2.45, 2.75) is 11.8 Å². The molecule has 1 aliphatic heterocycles. The van der Waals surface area contributed by atoms with Gasteiger partial charge in [0.25, 0.3) is 0 Å². The van der Waals surface area contributed by atoms with Crippen molar-refractivity contribution in [3.8, 4) is 0 Å². The molecule has 126 valence electrons. The third kappa shape index (κ3) is 4.29. The van der Waals surface area contributed by atoms with E-state index in [1.54, 1.807) is 12.1 Å². The Kier molecular flexibility index (Phi) is 5.41. The van der Waals surface area contributed by atoms with Crippen molar-refractivity contribution in [1.82, 2.24) is 4.90 Å². The lowest BCUT2D eigenvalue weighted by molar-refractivity contribution is -0.128. The first kappa shape index (κ1) is 16.8. The van der Waals surface area contributed by atoms with Crippen molar-refractivity contribution in [3.05, 3.63) is 59.9 Å². The maximum Gasteiger partial charge on any atom is 0.233 e. The van der Waals surface area contributed by atoms with Crippen molar-refractivity contribution >= 4 is 23.4 Å². The van der Waals surface area contributed by atoms with Crippen LogP contribution < -0.4 is 4.90 Å². The largest absolute Gasteiger partial charge is 0.368 e. The molecule has 0 aliphatic carbocycles. The van der Waals surface area contributed by atoms with Crippen LogP contribution in [-0.2, 0) is 4.79 Å². The Hall–Kier alpha value is -2.01. The minimum atomic E-state index is -0.252. The molecular weight excluding hydrogens is 323 g/mol. The molecule has 1 saturated heterocycles. The summed E-state index contributed by atoms with van der Waals surface area (Å²) >= 11 is 1.46. The average molecular weight is 344 g/mol. The Morgan fingerprint density at radius 2 is 1.79 bits per heavy atom. The first-order valence-corrected chi connectivity index (χ1v) is 9.08. The van der Waals surface area contributed by atoms with Gasteiger partial charge in [-0.15, -0.1) is 11.8 Å². The van der Waals surface area contributed by atoms with E-state index in [4.69, 9.17) is 0 Å². The Bertz CT molecular complexity index is 697. The van der Waals surface area contributed by atoms with Crippen LogP contribution in [0, 0.1) is 12.7 Å². The zero-order valence-corrected chi connectivity index (χ0v) is 14.6. The van der Waals surface area contributed by atoms with Gasteiger partial charge < -0.3 is 9.80 Å². The lowest BCUT2D eigenvalue weighted by Crippen LogP contribution is -2.49. The number of nitrogens with zero attached hydrogens (tertiary/aromatic N) is 2. The van der Waals surface area contributed by atoms with Crippen molar-refractivity contribution < 1.29 is 9.18 Å². The van der Waals surface area contributed by atoms with Gasteiger partial charge in [-0.2, -0.15) is 0 Å². The number of benzene rings is 2. The summed E-state index contributed by atoms with van der Waals surface area (Å²) in [5.41, 5.74) is 2.48. The third-order valence-electron chi connectivity index (χ3n) is 4.18. The number of carbonyl (C=O) groups is 1. The fraction of sp³-hybridized carbons (Fsp3) is 0.316. The van der Waals surface area contributed by atoms with Gasteiger partial charge in [0.1, 0.15) is 5.82 Å². The molecule has 0 saturated carbocycles. The lowest BCUT2D eigenvalue weighted by Gasteiger charge is -2.36. The highest BCUT2D eigenvalue weighted by Gasteiger charge is 2.21. The molecule has 1 amide bonds. The van der Waals surface area contributed by atoms with Crippen LogP contribution in [0.4, 0.5) is 10.1 Å². The molecule has 0 atom stereocenters. The minimum Gasteiger partial charge on any atom is -0.368 e. The number of hydrogen-bond donors (Lipinski definition) is 0. The Morgan fingerprint density at radius 3 is 2.46 bits per heavy atom. The second-order valence-electron chi connectivity index (χ2n) is 5.95. The predicted molar refractivity (Wildman–Crippen MR) is 97.1 cm³/mol. The Balaban J connectivity index is 1.49. The standard InChI is InChI=1S/C19H21FN2OS/c1-15-3-2-4-17(13-15)21-9-11-22(12-10-21)19(23)14-24-18-7-5-16(20)6-8-18/h2-8,13H,9-12,14H2,1H3.